The minimum atomic E-state index is -0.0844. The summed E-state index contributed by atoms with van der Waals surface area (Å²) in [5, 5.41) is 1.31. The predicted molar refractivity (Wildman–Crippen MR) is 228 cm³/mol. The Hall–Kier alpha value is -6.38. The fourth-order valence-corrected chi connectivity index (χ4v) is 9.05. The molecule has 0 fully saturated rings. The van der Waals surface area contributed by atoms with E-state index in [-0.39, 0.29) is 5.41 Å². The molecule has 1 heterocycles. The molecule has 1 aromatic heterocycles. The van der Waals surface area contributed by atoms with Crippen molar-refractivity contribution < 1.29 is 0 Å². The Labute approximate surface area is 318 Å². The Morgan fingerprint density at radius 1 is 0.537 bits per heavy atom. The van der Waals surface area contributed by atoms with Crippen LogP contribution in [0.25, 0.3) is 56.0 Å². The number of fused-ring (bicyclic) bond motifs is 6. The van der Waals surface area contributed by atoms with Crippen molar-refractivity contribution in [3.63, 3.8) is 0 Å². The molecule has 0 bridgehead atoms. The number of para-hydroxylation sites is 1. The van der Waals surface area contributed by atoms with E-state index in [2.05, 4.69) is 212 Å². The lowest BCUT2D eigenvalue weighted by atomic mass is 9.82. The molecule has 0 N–H and O–H groups in total. The van der Waals surface area contributed by atoms with E-state index in [4.69, 9.17) is 0 Å². The summed E-state index contributed by atoms with van der Waals surface area (Å²) in [5.74, 6) is 0.451. The van der Waals surface area contributed by atoms with Gasteiger partial charge in [-0.15, -0.1) is 0 Å². The normalized spacial score (nSPS) is 15.1. The van der Waals surface area contributed by atoms with Crippen LogP contribution in [-0.2, 0) is 5.41 Å². The van der Waals surface area contributed by atoms with Gasteiger partial charge in [-0.3, -0.25) is 0 Å². The van der Waals surface area contributed by atoms with Gasteiger partial charge in [-0.25, -0.2) is 0 Å². The summed E-state index contributed by atoms with van der Waals surface area (Å²) < 4.78 is 2.48. The van der Waals surface area contributed by atoms with Crippen LogP contribution in [0.5, 0.6) is 0 Å². The molecule has 2 nitrogen and oxygen atoms in total. The maximum atomic E-state index is 2.48. The van der Waals surface area contributed by atoms with Crippen LogP contribution in [0.3, 0.4) is 0 Å². The Kier molecular flexibility index (Phi) is 7.56. The second-order valence-corrected chi connectivity index (χ2v) is 15.4. The summed E-state index contributed by atoms with van der Waals surface area (Å²) in [5.41, 5.74) is 18.9. The number of hydrogen-bond acceptors (Lipinski definition) is 1. The van der Waals surface area contributed by atoms with Crippen LogP contribution < -0.4 is 4.90 Å². The van der Waals surface area contributed by atoms with Crippen LogP contribution in [0.4, 0.5) is 17.1 Å². The van der Waals surface area contributed by atoms with Gasteiger partial charge >= 0.3 is 0 Å². The van der Waals surface area contributed by atoms with Crippen LogP contribution in [0.1, 0.15) is 55.5 Å². The number of hydrogen-bond donors (Lipinski definition) is 0. The second-order valence-electron chi connectivity index (χ2n) is 15.4. The van der Waals surface area contributed by atoms with E-state index in [9.17, 15) is 0 Å². The largest absolute Gasteiger partial charge is 0.313 e. The number of anilines is 3. The maximum Gasteiger partial charge on any atom is 0.0538 e. The predicted octanol–water partition coefficient (Wildman–Crippen LogP) is 14.3. The van der Waals surface area contributed by atoms with Crippen molar-refractivity contribution in [3.05, 3.63) is 198 Å². The molecule has 2 aliphatic carbocycles. The van der Waals surface area contributed by atoms with E-state index in [0.29, 0.717) is 5.92 Å². The minimum absolute atomic E-state index is 0.0844. The number of rotatable bonds is 6. The SMILES string of the molecule is CC1CC=Cc2c1n(-c1ccccc1)c1ccc(-c3ccc(N(c4ccc(-c5ccccc5)cc4)c4ccc5c(c4)C(C)(C)c4ccccc4-5)cc3)cc21. The van der Waals surface area contributed by atoms with Gasteiger partial charge in [0.2, 0.25) is 0 Å². The fourth-order valence-electron chi connectivity index (χ4n) is 9.05. The van der Waals surface area contributed by atoms with Crippen molar-refractivity contribution in [1.29, 1.82) is 0 Å². The van der Waals surface area contributed by atoms with Gasteiger partial charge in [0.05, 0.1) is 5.52 Å². The Bertz CT molecular complexity index is 2700. The zero-order valence-electron chi connectivity index (χ0n) is 31.0. The molecule has 0 saturated carbocycles. The molecule has 260 valence electrons. The van der Waals surface area contributed by atoms with E-state index < -0.39 is 0 Å². The van der Waals surface area contributed by atoms with Gasteiger partial charge in [0.15, 0.2) is 0 Å². The third-order valence-electron chi connectivity index (χ3n) is 11.8. The minimum Gasteiger partial charge on any atom is -0.313 e. The molecule has 0 amide bonds. The number of allylic oxidation sites excluding steroid dienone is 1. The monoisotopic (exact) mass is 694 g/mol. The molecule has 2 aliphatic rings. The lowest BCUT2D eigenvalue weighted by Gasteiger charge is -2.28. The molecule has 54 heavy (non-hydrogen) atoms. The van der Waals surface area contributed by atoms with Gasteiger partial charge in [0.25, 0.3) is 0 Å². The molecule has 0 saturated heterocycles. The summed E-state index contributed by atoms with van der Waals surface area (Å²) in [7, 11) is 0. The lowest BCUT2D eigenvalue weighted by molar-refractivity contribution is 0.660. The van der Waals surface area contributed by atoms with E-state index in [1.165, 1.54) is 72.4 Å². The maximum absolute atomic E-state index is 2.48. The first-order valence-corrected chi connectivity index (χ1v) is 19.2. The first-order valence-electron chi connectivity index (χ1n) is 19.2. The van der Waals surface area contributed by atoms with E-state index in [1.807, 2.05) is 0 Å². The van der Waals surface area contributed by atoms with E-state index >= 15 is 0 Å². The van der Waals surface area contributed by atoms with Crippen LogP contribution in [-0.4, -0.2) is 4.57 Å². The first kappa shape index (κ1) is 32.3. The van der Waals surface area contributed by atoms with Crippen molar-refractivity contribution in [2.75, 3.05) is 4.90 Å². The quantitative estimate of drug-likeness (QED) is 0.168. The van der Waals surface area contributed by atoms with Gasteiger partial charge < -0.3 is 9.47 Å². The molecule has 0 radical (unpaired) electrons. The second kappa shape index (κ2) is 12.6. The molecule has 0 spiro atoms. The van der Waals surface area contributed by atoms with Gasteiger partial charge in [-0.2, -0.15) is 0 Å². The molecule has 0 aliphatic heterocycles. The highest BCUT2D eigenvalue weighted by molar-refractivity contribution is 5.96. The Morgan fingerprint density at radius 2 is 1.11 bits per heavy atom. The molecule has 2 heteroatoms. The number of nitrogens with zero attached hydrogens (tertiary/aromatic N) is 2. The molecule has 10 rings (SSSR count). The van der Waals surface area contributed by atoms with E-state index in [0.717, 1.165) is 23.5 Å². The number of benzene rings is 7. The van der Waals surface area contributed by atoms with Crippen LogP contribution in [0.15, 0.2) is 176 Å². The third kappa shape index (κ3) is 5.16. The van der Waals surface area contributed by atoms with Crippen LogP contribution in [0.2, 0.25) is 0 Å². The lowest BCUT2D eigenvalue weighted by Crippen LogP contribution is -2.16. The number of aromatic nitrogens is 1. The van der Waals surface area contributed by atoms with Crippen molar-refractivity contribution in [2.45, 2.75) is 38.5 Å². The highest BCUT2D eigenvalue weighted by Gasteiger charge is 2.35. The molecule has 7 aromatic carbocycles. The molecular formula is C52H42N2. The Morgan fingerprint density at radius 3 is 1.83 bits per heavy atom. The van der Waals surface area contributed by atoms with E-state index in [1.54, 1.807) is 0 Å². The van der Waals surface area contributed by atoms with Crippen LogP contribution >= 0.6 is 0 Å². The molecule has 8 aromatic rings. The summed E-state index contributed by atoms with van der Waals surface area (Å²) in [4.78, 5) is 2.41. The summed E-state index contributed by atoms with van der Waals surface area (Å²) in [6, 6.07) is 62.5. The average Bonchev–Trinajstić information content (AvgIpc) is 3.68. The zero-order valence-corrected chi connectivity index (χ0v) is 31.0. The molecule has 1 atom stereocenters. The summed E-state index contributed by atoms with van der Waals surface area (Å²) >= 11 is 0. The van der Waals surface area contributed by atoms with Crippen LogP contribution in [0, 0.1) is 0 Å². The highest BCUT2D eigenvalue weighted by Crippen LogP contribution is 2.51. The Balaban J connectivity index is 1.07. The van der Waals surface area contributed by atoms with Crippen molar-refractivity contribution in [1.82, 2.24) is 4.57 Å². The van der Waals surface area contributed by atoms with Gasteiger partial charge in [0, 0.05) is 50.7 Å². The molecule has 1 unspecified atom stereocenters. The topological polar surface area (TPSA) is 8.17 Å². The fraction of sp³-hybridized carbons (Fsp3) is 0.115. The standard InChI is InChI=1S/C52H42N2/c1-35-13-12-19-46-47-33-39(25-32-50(47)54(51(35)46)40-16-8-5-9-17-40)38-23-28-42(29-24-38)53(41-26-21-37(22-27-41)36-14-6-4-7-15-36)43-30-31-45-44-18-10-11-20-48(44)52(2,3)49(45)34-43/h4-12,14-35H,13H2,1-3H3. The van der Waals surface area contributed by atoms with Crippen molar-refractivity contribution >= 4 is 34.0 Å². The first-order chi connectivity index (χ1) is 26.5. The average molecular weight is 695 g/mol. The summed E-state index contributed by atoms with van der Waals surface area (Å²) in [6.45, 7) is 7.06. The smallest absolute Gasteiger partial charge is 0.0538 e. The van der Waals surface area contributed by atoms with Gasteiger partial charge in [-0.1, -0.05) is 142 Å². The summed E-state index contributed by atoms with van der Waals surface area (Å²) in [6.07, 6.45) is 5.73. The van der Waals surface area contributed by atoms with Gasteiger partial charge in [-0.05, 0) is 112 Å². The van der Waals surface area contributed by atoms with Gasteiger partial charge in [0.1, 0.15) is 0 Å². The highest BCUT2D eigenvalue weighted by atomic mass is 15.1. The zero-order chi connectivity index (χ0) is 36.4. The third-order valence-corrected chi connectivity index (χ3v) is 11.8. The molecular weight excluding hydrogens is 653 g/mol. The van der Waals surface area contributed by atoms with Crippen molar-refractivity contribution in [3.8, 4) is 39.1 Å². The van der Waals surface area contributed by atoms with Crippen molar-refractivity contribution in [2.24, 2.45) is 0 Å².